The maximum Gasteiger partial charge on any atom is 0.319 e. The van der Waals surface area contributed by atoms with Crippen LogP contribution in [0.2, 0.25) is 0 Å². The number of hydrogen-bond donors (Lipinski definition) is 3. The molecule has 0 radical (unpaired) electrons. The topological polar surface area (TPSA) is 79.5 Å². The molecule has 2 aromatic rings. The molecule has 0 fully saturated rings. The molecule has 0 unspecified atom stereocenters. The monoisotopic (exact) mass is 327 g/mol. The third-order valence-corrected chi connectivity index (χ3v) is 3.47. The van der Waals surface area contributed by atoms with Crippen molar-refractivity contribution in [2.75, 3.05) is 19.5 Å². The molecule has 0 saturated carbocycles. The Morgan fingerprint density at radius 3 is 2.17 bits per heavy atom. The lowest BCUT2D eigenvalue weighted by atomic mass is 10.1. The smallest absolute Gasteiger partial charge is 0.319 e. The number of urea groups is 1. The van der Waals surface area contributed by atoms with Gasteiger partial charge in [0, 0.05) is 19.3 Å². The van der Waals surface area contributed by atoms with Crippen LogP contribution < -0.4 is 20.7 Å². The third-order valence-electron chi connectivity index (χ3n) is 3.47. The second-order valence-corrected chi connectivity index (χ2v) is 5.20. The van der Waals surface area contributed by atoms with E-state index in [9.17, 15) is 9.59 Å². The minimum Gasteiger partial charge on any atom is -0.497 e. The molecule has 0 saturated heterocycles. The third kappa shape index (κ3) is 5.31. The van der Waals surface area contributed by atoms with Crippen molar-refractivity contribution in [3.63, 3.8) is 0 Å². The summed E-state index contributed by atoms with van der Waals surface area (Å²) in [6.07, 6.45) is 0.320. The minimum atomic E-state index is -0.287. The van der Waals surface area contributed by atoms with Crippen molar-refractivity contribution in [3.05, 3.63) is 59.7 Å². The Morgan fingerprint density at radius 1 is 0.958 bits per heavy atom. The summed E-state index contributed by atoms with van der Waals surface area (Å²) in [5, 5.41) is 8.11. The Balaban J connectivity index is 1.82. The first kappa shape index (κ1) is 17.3. The predicted octanol–water partition coefficient (Wildman–Crippen LogP) is 2.31. The number of amides is 3. The summed E-state index contributed by atoms with van der Waals surface area (Å²) in [6, 6.07) is 14.4. The fourth-order valence-corrected chi connectivity index (χ4v) is 2.08. The minimum absolute atomic E-state index is 0.0482. The maximum absolute atomic E-state index is 11.9. The van der Waals surface area contributed by atoms with E-state index in [2.05, 4.69) is 16.0 Å². The first-order valence-electron chi connectivity index (χ1n) is 7.58. The molecule has 0 aliphatic heterocycles. The standard InChI is InChI=1S/C18H21N3O3/c1-19-17(22)11-13-3-7-15(8-4-13)21-18(23)20-12-14-5-9-16(24-2)10-6-14/h3-10H,11-12H2,1-2H3,(H,19,22)(H2,20,21,23). The van der Waals surface area contributed by atoms with Crippen molar-refractivity contribution < 1.29 is 14.3 Å². The van der Waals surface area contributed by atoms with Crippen LogP contribution in [0.15, 0.2) is 48.5 Å². The summed E-state index contributed by atoms with van der Waals surface area (Å²) in [5.41, 5.74) is 2.54. The van der Waals surface area contributed by atoms with Crippen LogP contribution in [-0.2, 0) is 17.8 Å². The lowest BCUT2D eigenvalue weighted by Gasteiger charge is -2.09. The second kappa shape index (κ2) is 8.57. The molecule has 2 rings (SSSR count). The van der Waals surface area contributed by atoms with Gasteiger partial charge in [0.15, 0.2) is 0 Å². The van der Waals surface area contributed by atoms with E-state index in [4.69, 9.17) is 4.74 Å². The molecule has 24 heavy (non-hydrogen) atoms. The Hall–Kier alpha value is -3.02. The maximum atomic E-state index is 11.9. The molecule has 6 nitrogen and oxygen atoms in total. The van der Waals surface area contributed by atoms with E-state index in [0.717, 1.165) is 16.9 Å². The van der Waals surface area contributed by atoms with E-state index in [1.807, 2.05) is 36.4 Å². The SMILES string of the molecule is CNC(=O)Cc1ccc(NC(=O)NCc2ccc(OC)cc2)cc1. The molecule has 3 amide bonds. The fraction of sp³-hybridized carbons (Fsp3) is 0.222. The molecule has 2 aromatic carbocycles. The molecular weight excluding hydrogens is 306 g/mol. The largest absolute Gasteiger partial charge is 0.497 e. The van der Waals surface area contributed by atoms with Gasteiger partial charge in [-0.15, -0.1) is 0 Å². The van der Waals surface area contributed by atoms with Crippen molar-refractivity contribution >= 4 is 17.6 Å². The molecule has 0 aromatic heterocycles. The molecule has 126 valence electrons. The molecule has 0 atom stereocenters. The highest BCUT2D eigenvalue weighted by Gasteiger charge is 2.04. The van der Waals surface area contributed by atoms with Crippen molar-refractivity contribution in [1.82, 2.24) is 10.6 Å². The van der Waals surface area contributed by atoms with Gasteiger partial charge in [0.05, 0.1) is 13.5 Å². The van der Waals surface area contributed by atoms with Gasteiger partial charge < -0.3 is 20.7 Å². The van der Waals surface area contributed by atoms with E-state index >= 15 is 0 Å². The average Bonchev–Trinajstić information content (AvgIpc) is 2.62. The van der Waals surface area contributed by atoms with Gasteiger partial charge in [-0.3, -0.25) is 4.79 Å². The van der Waals surface area contributed by atoms with Crippen LogP contribution in [0.25, 0.3) is 0 Å². The Bertz CT molecular complexity index is 682. The van der Waals surface area contributed by atoms with Gasteiger partial charge in [0.2, 0.25) is 5.91 Å². The zero-order valence-corrected chi connectivity index (χ0v) is 13.8. The number of rotatable bonds is 6. The summed E-state index contributed by atoms with van der Waals surface area (Å²) in [7, 11) is 3.21. The number of carbonyl (C=O) groups excluding carboxylic acids is 2. The molecule has 0 aliphatic rings. The number of hydrogen-bond acceptors (Lipinski definition) is 3. The van der Waals surface area contributed by atoms with Gasteiger partial charge in [-0.25, -0.2) is 4.79 Å². The molecule has 0 spiro atoms. The van der Waals surface area contributed by atoms with Crippen LogP contribution in [0, 0.1) is 0 Å². The predicted molar refractivity (Wildman–Crippen MR) is 93.1 cm³/mol. The van der Waals surface area contributed by atoms with E-state index in [0.29, 0.717) is 18.7 Å². The summed E-state index contributed by atoms with van der Waals surface area (Å²) in [6.45, 7) is 0.421. The van der Waals surface area contributed by atoms with Crippen LogP contribution in [0.1, 0.15) is 11.1 Å². The Labute approximate surface area is 141 Å². The first-order chi connectivity index (χ1) is 11.6. The van der Waals surface area contributed by atoms with E-state index in [1.165, 1.54) is 0 Å². The van der Waals surface area contributed by atoms with Crippen LogP contribution >= 0.6 is 0 Å². The highest BCUT2D eigenvalue weighted by atomic mass is 16.5. The quantitative estimate of drug-likeness (QED) is 0.762. The number of carbonyl (C=O) groups is 2. The average molecular weight is 327 g/mol. The number of nitrogens with one attached hydrogen (secondary N) is 3. The molecule has 0 bridgehead atoms. The first-order valence-corrected chi connectivity index (χ1v) is 7.58. The van der Waals surface area contributed by atoms with Gasteiger partial charge >= 0.3 is 6.03 Å². The number of likely N-dealkylation sites (N-methyl/N-ethyl adjacent to an activating group) is 1. The molecule has 6 heteroatoms. The number of benzene rings is 2. The number of methoxy groups -OCH3 is 1. The lowest BCUT2D eigenvalue weighted by molar-refractivity contribution is -0.119. The van der Waals surface area contributed by atoms with E-state index in [1.54, 1.807) is 26.3 Å². The highest BCUT2D eigenvalue weighted by molar-refractivity contribution is 5.89. The van der Waals surface area contributed by atoms with Gasteiger partial charge in [0.1, 0.15) is 5.75 Å². The van der Waals surface area contributed by atoms with Gasteiger partial charge in [0.25, 0.3) is 0 Å². The van der Waals surface area contributed by atoms with E-state index in [-0.39, 0.29) is 11.9 Å². The zero-order valence-electron chi connectivity index (χ0n) is 13.8. The van der Waals surface area contributed by atoms with Crippen molar-refractivity contribution in [3.8, 4) is 5.75 Å². The fourth-order valence-electron chi connectivity index (χ4n) is 2.08. The summed E-state index contributed by atoms with van der Waals surface area (Å²) < 4.78 is 5.09. The second-order valence-electron chi connectivity index (χ2n) is 5.20. The Morgan fingerprint density at radius 2 is 1.58 bits per heavy atom. The number of anilines is 1. The van der Waals surface area contributed by atoms with Gasteiger partial charge in [-0.05, 0) is 35.4 Å². The van der Waals surface area contributed by atoms with Crippen molar-refractivity contribution in [2.24, 2.45) is 0 Å². The molecule has 0 aliphatic carbocycles. The molecule has 3 N–H and O–H groups in total. The highest BCUT2D eigenvalue weighted by Crippen LogP contribution is 2.12. The number of ether oxygens (including phenoxy) is 1. The summed E-state index contributed by atoms with van der Waals surface area (Å²) in [5.74, 6) is 0.730. The van der Waals surface area contributed by atoms with Crippen LogP contribution in [0.5, 0.6) is 5.75 Å². The molecule has 0 heterocycles. The van der Waals surface area contributed by atoms with Crippen LogP contribution in [0.3, 0.4) is 0 Å². The lowest BCUT2D eigenvalue weighted by Crippen LogP contribution is -2.28. The van der Waals surface area contributed by atoms with Crippen molar-refractivity contribution in [1.29, 1.82) is 0 Å². The molecular formula is C18H21N3O3. The summed E-state index contributed by atoms with van der Waals surface area (Å²) >= 11 is 0. The normalized spacial score (nSPS) is 9.92. The Kier molecular flexibility index (Phi) is 6.19. The van der Waals surface area contributed by atoms with Crippen molar-refractivity contribution in [2.45, 2.75) is 13.0 Å². The van der Waals surface area contributed by atoms with Gasteiger partial charge in [-0.1, -0.05) is 24.3 Å². The van der Waals surface area contributed by atoms with E-state index < -0.39 is 0 Å². The van der Waals surface area contributed by atoms with Gasteiger partial charge in [-0.2, -0.15) is 0 Å². The summed E-state index contributed by atoms with van der Waals surface area (Å²) in [4.78, 5) is 23.2. The zero-order chi connectivity index (χ0) is 17.4. The van der Waals surface area contributed by atoms with Crippen LogP contribution in [0.4, 0.5) is 10.5 Å². The van der Waals surface area contributed by atoms with Crippen LogP contribution in [-0.4, -0.2) is 26.1 Å².